The van der Waals surface area contributed by atoms with Gasteiger partial charge in [-0.2, -0.15) is 0 Å². The third kappa shape index (κ3) is 4.52. The van der Waals surface area contributed by atoms with Crippen molar-refractivity contribution >= 4 is 0 Å². The highest BCUT2D eigenvalue weighted by molar-refractivity contribution is 4.77. The van der Waals surface area contributed by atoms with Crippen molar-refractivity contribution < 1.29 is 5.11 Å². The number of nitrogens with zero attached hydrogens (tertiary/aromatic N) is 1. The van der Waals surface area contributed by atoms with Gasteiger partial charge in [0.1, 0.15) is 0 Å². The lowest BCUT2D eigenvalue weighted by Crippen LogP contribution is -2.38. The van der Waals surface area contributed by atoms with Gasteiger partial charge in [-0.15, -0.1) is 0 Å². The van der Waals surface area contributed by atoms with Gasteiger partial charge in [0, 0.05) is 13.1 Å². The van der Waals surface area contributed by atoms with Crippen molar-refractivity contribution in [1.29, 1.82) is 0 Å². The van der Waals surface area contributed by atoms with Gasteiger partial charge in [0.05, 0.1) is 6.10 Å². The Morgan fingerprint density at radius 3 is 2.47 bits per heavy atom. The van der Waals surface area contributed by atoms with Gasteiger partial charge in [-0.25, -0.2) is 0 Å². The maximum absolute atomic E-state index is 9.92. The third-order valence-electron chi connectivity index (χ3n) is 3.43. The lowest BCUT2D eigenvalue weighted by molar-refractivity contribution is 0.0452. The molecule has 90 valence electrons. The lowest BCUT2D eigenvalue weighted by atomic mass is 9.86. The second kappa shape index (κ2) is 6.49. The molecule has 1 rings (SSSR count). The van der Waals surface area contributed by atoms with E-state index in [1.807, 2.05) is 0 Å². The fourth-order valence-corrected chi connectivity index (χ4v) is 2.58. The molecule has 1 N–H and O–H groups in total. The molecule has 0 aliphatic heterocycles. The highest BCUT2D eigenvalue weighted by Gasteiger charge is 2.24. The minimum absolute atomic E-state index is 0.0417. The van der Waals surface area contributed by atoms with Crippen LogP contribution in [-0.2, 0) is 0 Å². The molecule has 0 spiro atoms. The van der Waals surface area contributed by atoms with E-state index in [1.165, 1.54) is 25.8 Å². The average Bonchev–Trinajstić information content (AvgIpc) is 2.19. The van der Waals surface area contributed by atoms with Gasteiger partial charge in [-0.05, 0) is 31.2 Å². The van der Waals surface area contributed by atoms with Crippen LogP contribution in [0.5, 0.6) is 0 Å². The third-order valence-corrected chi connectivity index (χ3v) is 3.43. The van der Waals surface area contributed by atoms with Crippen LogP contribution < -0.4 is 0 Å². The molecule has 2 atom stereocenters. The molecule has 0 aromatic rings. The SMILES string of the molecule is CCN(CC(C)C)CC1CCCCC1O. The van der Waals surface area contributed by atoms with E-state index in [2.05, 4.69) is 25.7 Å². The van der Waals surface area contributed by atoms with Gasteiger partial charge >= 0.3 is 0 Å². The molecule has 2 nitrogen and oxygen atoms in total. The molecule has 0 radical (unpaired) electrons. The number of aliphatic hydroxyl groups excluding tert-OH is 1. The number of rotatable bonds is 5. The minimum Gasteiger partial charge on any atom is -0.393 e. The van der Waals surface area contributed by atoms with E-state index >= 15 is 0 Å². The van der Waals surface area contributed by atoms with Crippen LogP contribution in [0.15, 0.2) is 0 Å². The van der Waals surface area contributed by atoms with Crippen LogP contribution in [0.25, 0.3) is 0 Å². The summed E-state index contributed by atoms with van der Waals surface area (Å²) in [5.41, 5.74) is 0. The topological polar surface area (TPSA) is 23.5 Å². The van der Waals surface area contributed by atoms with Crippen LogP contribution >= 0.6 is 0 Å². The monoisotopic (exact) mass is 213 g/mol. The first-order valence-corrected chi connectivity index (χ1v) is 6.54. The minimum atomic E-state index is -0.0417. The zero-order valence-corrected chi connectivity index (χ0v) is 10.6. The Morgan fingerprint density at radius 2 is 1.93 bits per heavy atom. The Morgan fingerprint density at radius 1 is 1.27 bits per heavy atom. The molecule has 0 aromatic heterocycles. The zero-order valence-electron chi connectivity index (χ0n) is 10.6. The number of hydrogen-bond acceptors (Lipinski definition) is 2. The Labute approximate surface area is 94.7 Å². The van der Waals surface area contributed by atoms with Gasteiger partial charge in [0.25, 0.3) is 0 Å². The summed E-state index contributed by atoms with van der Waals surface area (Å²) in [5, 5.41) is 9.92. The fraction of sp³-hybridized carbons (Fsp3) is 1.00. The first kappa shape index (κ1) is 13.0. The van der Waals surface area contributed by atoms with Crippen LogP contribution in [0.3, 0.4) is 0 Å². The van der Waals surface area contributed by atoms with Gasteiger partial charge in [-0.1, -0.05) is 33.6 Å². The van der Waals surface area contributed by atoms with Crippen molar-refractivity contribution in [3.63, 3.8) is 0 Å². The molecule has 0 heterocycles. The van der Waals surface area contributed by atoms with E-state index in [-0.39, 0.29) is 6.10 Å². The van der Waals surface area contributed by atoms with Crippen LogP contribution in [0.1, 0.15) is 46.5 Å². The Hall–Kier alpha value is -0.0800. The fourth-order valence-electron chi connectivity index (χ4n) is 2.58. The van der Waals surface area contributed by atoms with Crippen molar-refractivity contribution in [2.24, 2.45) is 11.8 Å². The summed E-state index contributed by atoms with van der Waals surface area (Å²) < 4.78 is 0. The van der Waals surface area contributed by atoms with Gasteiger partial charge in [0.15, 0.2) is 0 Å². The van der Waals surface area contributed by atoms with E-state index in [0.29, 0.717) is 5.92 Å². The Balaban J connectivity index is 2.35. The highest BCUT2D eigenvalue weighted by Crippen LogP contribution is 2.25. The Kier molecular flexibility index (Phi) is 5.62. The molecule has 1 aliphatic carbocycles. The normalized spacial score (nSPS) is 27.6. The van der Waals surface area contributed by atoms with Crippen molar-refractivity contribution in [2.75, 3.05) is 19.6 Å². The summed E-state index contributed by atoms with van der Waals surface area (Å²) in [5.74, 6) is 1.25. The van der Waals surface area contributed by atoms with E-state index in [4.69, 9.17) is 0 Å². The largest absolute Gasteiger partial charge is 0.393 e. The maximum atomic E-state index is 9.92. The molecule has 1 fully saturated rings. The summed E-state index contributed by atoms with van der Waals surface area (Å²) in [4.78, 5) is 2.49. The molecular weight excluding hydrogens is 186 g/mol. The van der Waals surface area contributed by atoms with Gasteiger partial charge in [-0.3, -0.25) is 0 Å². The molecule has 0 saturated heterocycles. The van der Waals surface area contributed by atoms with Crippen LogP contribution in [-0.4, -0.2) is 35.7 Å². The maximum Gasteiger partial charge on any atom is 0.0580 e. The molecule has 2 unspecified atom stereocenters. The van der Waals surface area contributed by atoms with Gasteiger partial charge < -0.3 is 10.0 Å². The van der Waals surface area contributed by atoms with E-state index < -0.39 is 0 Å². The van der Waals surface area contributed by atoms with Crippen molar-refractivity contribution in [2.45, 2.75) is 52.6 Å². The standard InChI is InChI=1S/C13H27NO/c1-4-14(9-11(2)3)10-12-7-5-6-8-13(12)15/h11-13,15H,4-10H2,1-3H3. The molecule has 0 bridgehead atoms. The molecule has 0 aromatic carbocycles. The molecule has 1 aliphatic rings. The second-order valence-corrected chi connectivity index (χ2v) is 5.36. The molecule has 15 heavy (non-hydrogen) atoms. The quantitative estimate of drug-likeness (QED) is 0.758. The summed E-state index contributed by atoms with van der Waals surface area (Å²) >= 11 is 0. The predicted octanol–water partition coefficient (Wildman–Crippen LogP) is 2.52. The first-order chi connectivity index (χ1) is 7.13. The van der Waals surface area contributed by atoms with E-state index in [9.17, 15) is 5.11 Å². The number of aliphatic hydroxyl groups is 1. The summed E-state index contributed by atoms with van der Waals surface area (Å²) in [6.07, 6.45) is 4.72. The summed E-state index contributed by atoms with van der Waals surface area (Å²) in [7, 11) is 0. The smallest absolute Gasteiger partial charge is 0.0580 e. The molecular formula is C13H27NO. The zero-order chi connectivity index (χ0) is 11.3. The Bertz CT molecular complexity index is 170. The van der Waals surface area contributed by atoms with Crippen LogP contribution in [0.2, 0.25) is 0 Å². The molecule has 2 heteroatoms. The lowest BCUT2D eigenvalue weighted by Gasteiger charge is -2.33. The van der Waals surface area contributed by atoms with E-state index in [1.54, 1.807) is 0 Å². The van der Waals surface area contributed by atoms with Crippen molar-refractivity contribution in [3.8, 4) is 0 Å². The molecule has 0 amide bonds. The number of hydrogen-bond donors (Lipinski definition) is 1. The first-order valence-electron chi connectivity index (χ1n) is 6.54. The van der Waals surface area contributed by atoms with Crippen LogP contribution in [0.4, 0.5) is 0 Å². The molecule has 1 saturated carbocycles. The van der Waals surface area contributed by atoms with Crippen molar-refractivity contribution in [3.05, 3.63) is 0 Å². The van der Waals surface area contributed by atoms with Crippen molar-refractivity contribution in [1.82, 2.24) is 4.90 Å². The second-order valence-electron chi connectivity index (χ2n) is 5.36. The average molecular weight is 213 g/mol. The summed E-state index contributed by atoms with van der Waals surface area (Å²) in [6.45, 7) is 10.1. The van der Waals surface area contributed by atoms with Crippen LogP contribution in [0, 0.1) is 11.8 Å². The highest BCUT2D eigenvalue weighted by atomic mass is 16.3. The summed E-state index contributed by atoms with van der Waals surface area (Å²) in [6, 6.07) is 0. The predicted molar refractivity (Wildman–Crippen MR) is 64.9 cm³/mol. The van der Waals surface area contributed by atoms with Gasteiger partial charge in [0.2, 0.25) is 0 Å². The van der Waals surface area contributed by atoms with E-state index in [0.717, 1.165) is 25.4 Å².